The van der Waals surface area contributed by atoms with Crippen LogP contribution in [-0.4, -0.2) is 41.8 Å². The zero-order valence-electron chi connectivity index (χ0n) is 17.2. The van der Waals surface area contributed by atoms with E-state index in [0.29, 0.717) is 17.8 Å². The molecule has 2 aromatic rings. The molecular formula is C23H28N4O3. The summed E-state index contributed by atoms with van der Waals surface area (Å²) >= 11 is 0. The van der Waals surface area contributed by atoms with Crippen LogP contribution in [0.2, 0.25) is 0 Å². The van der Waals surface area contributed by atoms with Crippen LogP contribution in [0, 0.1) is 6.92 Å². The number of anilines is 1. The van der Waals surface area contributed by atoms with E-state index in [1.165, 1.54) is 0 Å². The maximum Gasteiger partial charge on any atom is 0.251 e. The predicted octanol–water partition coefficient (Wildman–Crippen LogP) is 2.20. The smallest absolute Gasteiger partial charge is 0.251 e. The number of carbonyl (C=O) groups is 3. The third kappa shape index (κ3) is 5.67. The Morgan fingerprint density at radius 2 is 1.93 bits per heavy atom. The number of nitrogens with two attached hydrogens (primary N) is 1. The zero-order valence-corrected chi connectivity index (χ0v) is 17.2. The number of aryl methyl sites for hydroxylation is 1. The van der Waals surface area contributed by atoms with Gasteiger partial charge in [0.1, 0.15) is 0 Å². The van der Waals surface area contributed by atoms with Crippen molar-refractivity contribution in [1.29, 1.82) is 0 Å². The molecule has 1 atom stereocenters. The molecule has 7 heteroatoms. The molecule has 30 heavy (non-hydrogen) atoms. The fourth-order valence-electron chi connectivity index (χ4n) is 3.76. The molecule has 3 amide bonds. The fraction of sp³-hybridized carbons (Fsp3) is 0.348. The quantitative estimate of drug-likeness (QED) is 0.623. The van der Waals surface area contributed by atoms with Crippen LogP contribution in [0.5, 0.6) is 0 Å². The van der Waals surface area contributed by atoms with Gasteiger partial charge in [-0.05, 0) is 55.6 Å². The second-order valence-corrected chi connectivity index (χ2v) is 7.60. The van der Waals surface area contributed by atoms with Crippen LogP contribution in [0.1, 0.15) is 40.7 Å². The molecule has 1 heterocycles. The molecule has 1 aliphatic heterocycles. The molecule has 1 saturated heterocycles. The molecule has 2 aromatic carbocycles. The molecule has 0 saturated carbocycles. The van der Waals surface area contributed by atoms with Crippen LogP contribution in [0.15, 0.2) is 48.5 Å². The Balaban J connectivity index is 1.48. The van der Waals surface area contributed by atoms with Gasteiger partial charge in [0.2, 0.25) is 11.8 Å². The first kappa shape index (κ1) is 21.5. The largest absolute Gasteiger partial charge is 0.368 e. The third-order valence-electron chi connectivity index (χ3n) is 5.32. The summed E-state index contributed by atoms with van der Waals surface area (Å²) in [6, 6.07) is 14.7. The first-order chi connectivity index (χ1) is 14.4. The summed E-state index contributed by atoms with van der Waals surface area (Å²) in [6.45, 7) is 3.59. The second-order valence-electron chi connectivity index (χ2n) is 7.60. The third-order valence-corrected chi connectivity index (χ3v) is 5.32. The average molecular weight is 409 g/mol. The molecule has 0 bridgehead atoms. The van der Waals surface area contributed by atoms with Gasteiger partial charge in [0.25, 0.3) is 5.91 Å². The minimum Gasteiger partial charge on any atom is -0.368 e. The first-order valence-corrected chi connectivity index (χ1v) is 10.2. The minimum absolute atomic E-state index is 0.173. The van der Waals surface area contributed by atoms with Crippen molar-refractivity contribution >= 4 is 23.4 Å². The highest BCUT2D eigenvalue weighted by atomic mass is 16.2. The summed E-state index contributed by atoms with van der Waals surface area (Å²) in [4.78, 5) is 38.1. The minimum atomic E-state index is -0.287. The van der Waals surface area contributed by atoms with Crippen LogP contribution in [0.3, 0.4) is 0 Å². The Morgan fingerprint density at radius 1 is 1.13 bits per heavy atom. The topological polar surface area (TPSA) is 105 Å². The number of nitrogens with one attached hydrogen (secondary N) is 2. The molecule has 7 nitrogen and oxygen atoms in total. The van der Waals surface area contributed by atoms with Gasteiger partial charge in [0, 0.05) is 30.8 Å². The van der Waals surface area contributed by atoms with Crippen molar-refractivity contribution in [2.45, 2.75) is 38.8 Å². The lowest BCUT2D eigenvalue weighted by molar-refractivity contribution is -0.122. The summed E-state index contributed by atoms with van der Waals surface area (Å²) in [7, 11) is 0. The number of rotatable bonds is 8. The first-order valence-electron chi connectivity index (χ1n) is 10.2. The van der Waals surface area contributed by atoms with Gasteiger partial charge in [0.05, 0.1) is 6.04 Å². The van der Waals surface area contributed by atoms with E-state index in [1.807, 2.05) is 49.4 Å². The number of likely N-dealkylation sites (tertiary alicyclic amines) is 1. The molecule has 0 radical (unpaired) electrons. The maximum atomic E-state index is 12.3. The van der Waals surface area contributed by atoms with Crippen molar-refractivity contribution in [1.82, 2.24) is 10.2 Å². The molecule has 1 aliphatic rings. The monoisotopic (exact) mass is 408 g/mol. The summed E-state index contributed by atoms with van der Waals surface area (Å²) in [5.74, 6) is -0.643. The van der Waals surface area contributed by atoms with Crippen LogP contribution in [0.25, 0.3) is 0 Å². The summed E-state index contributed by atoms with van der Waals surface area (Å²) in [5.41, 5.74) is 8.69. The number of hydrogen-bond acceptors (Lipinski definition) is 4. The van der Waals surface area contributed by atoms with Crippen LogP contribution in [-0.2, 0) is 16.1 Å². The highest BCUT2D eigenvalue weighted by Crippen LogP contribution is 2.21. The number of carbonyl (C=O) groups excluding carboxylic acids is 3. The zero-order chi connectivity index (χ0) is 21.5. The fourth-order valence-corrected chi connectivity index (χ4v) is 3.76. The number of primary amides is 1. The molecule has 0 aromatic heterocycles. The van der Waals surface area contributed by atoms with E-state index in [0.717, 1.165) is 30.5 Å². The number of hydrogen-bond donors (Lipinski definition) is 3. The van der Waals surface area contributed by atoms with Gasteiger partial charge in [-0.2, -0.15) is 0 Å². The Kier molecular flexibility index (Phi) is 7.19. The van der Waals surface area contributed by atoms with E-state index in [-0.39, 0.29) is 36.7 Å². The Bertz CT molecular complexity index is 928. The molecule has 0 aliphatic carbocycles. The molecule has 158 valence electrons. The predicted molar refractivity (Wildman–Crippen MR) is 116 cm³/mol. The van der Waals surface area contributed by atoms with Gasteiger partial charge in [0.15, 0.2) is 0 Å². The Morgan fingerprint density at radius 3 is 2.70 bits per heavy atom. The van der Waals surface area contributed by atoms with Gasteiger partial charge in [-0.3, -0.25) is 19.3 Å². The van der Waals surface area contributed by atoms with E-state index in [4.69, 9.17) is 5.73 Å². The van der Waals surface area contributed by atoms with Crippen molar-refractivity contribution < 1.29 is 14.4 Å². The van der Waals surface area contributed by atoms with Gasteiger partial charge < -0.3 is 16.4 Å². The van der Waals surface area contributed by atoms with E-state index >= 15 is 0 Å². The SMILES string of the molecule is Cc1ccccc1C(=O)NCCC(=O)Nc1cccc(CN2CCCC2C(N)=O)c1. The van der Waals surface area contributed by atoms with Crippen molar-refractivity contribution in [3.05, 3.63) is 65.2 Å². The normalized spacial score (nSPS) is 16.2. The Labute approximate surface area is 176 Å². The van der Waals surface area contributed by atoms with Gasteiger partial charge in [-0.1, -0.05) is 30.3 Å². The van der Waals surface area contributed by atoms with Crippen LogP contribution < -0.4 is 16.4 Å². The van der Waals surface area contributed by atoms with E-state index in [2.05, 4.69) is 15.5 Å². The van der Waals surface area contributed by atoms with Crippen molar-refractivity contribution in [3.8, 4) is 0 Å². The molecule has 0 spiro atoms. The molecular weight excluding hydrogens is 380 g/mol. The van der Waals surface area contributed by atoms with Gasteiger partial charge >= 0.3 is 0 Å². The molecule has 4 N–H and O–H groups in total. The number of amides is 3. The number of benzene rings is 2. The average Bonchev–Trinajstić information content (AvgIpc) is 3.17. The maximum absolute atomic E-state index is 12.3. The standard InChI is InChI=1S/C23H28N4O3/c1-16-6-2-3-9-19(16)23(30)25-12-11-21(28)26-18-8-4-7-17(14-18)15-27-13-5-10-20(27)22(24)29/h2-4,6-9,14,20H,5,10-13,15H2,1H3,(H2,24,29)(H,25,30)(H,26,28). The lowest BCUT2D eigenvalue weighted by Gasteiger charge is -2.22. The lowest BCUT2D eigenvalue weighted by atomic mass is 10.1. The highest BCUT2D eigenvalue weighted by Gasteiger charge is 2.28. The van der Waals surface area contributed by atoms with Gasteiger partial charge in [-0.25, -0.2) is 0 Å². The summed E-state index contributed by atoms with van der Waals surface area (Å²) < 4.78 is 0. The summed E-state index contributed by atoms with van der Waals surface area (Å²) in [5, 5.41) is 5.65. The molecule has 1 fully saturated rings. The van der Waals surface area contributed by atoms with E-state index in [9.17, 15) is 14.4 Å². The number of nitrogens with zero attached hydrogens (tertiary/aromatic N) is 1. The second kappa shape index (κ2) is 10.0. The summed E-state index contributed by atoms with van der Waals surface area (Å²) in [6.07, 6.45) is 1.93. The van der Waals surface area contributed by atoms with Crippen molar-refractivity contribution in [3.63, 3.8) is 0 Å². The lowest BCUT2D eigenvalue weighted by Crippen LogP contribution is -2.39. The van der Waals surface area contributed by atoms with Crippen molar-refractivity contribution in [2.75, 3.05) is 18.4 Å². The van der Waals surface area contributed by atoms with Crippen molar-refractivity contribution in [2.24, 2.45) is 5.73 Å². The highest BCUT2D eigenvalue weighted by molar-refractivity contribution is 5.96. The van der Waals surface area contributed by atoms with Crippen LogP contribution >= 0.6 is 0 Å². The molecule has 3 rings (SSSR count). The van der Waals surface area contributed by atoms with Gasteiger partial charge in [-0.15, -0.1) is 0 Å². The van der Waals surface area contributed by atoms with E-state index < -0.39 is 0 Å². The Hall–Kier alpha value is -3.19. The van der Waals surface area contributed by atoms with E-state index in [1.54, 1.807) is 6.07 Å². The molecule has 1 unspecified atom stereocenters. The van der Waals surface area contributed by atoms with Crippen LogP contribution in [0.4, 0.5) is 5.69 Å².